The Morgan fingerprint density at radius 3 is 2.50 bits per heavy atom. The van der Waals surface area contributed by atoms with Crippen molar-refractivity contribution >= 4 is 40.6 Å². The molecule has 0 aliphatic carbocycles. The van der Waals surface area contributed by atoms with E-state index >= 15 is 0 Å². The second-order valence-corrected chi connectivity index (χ2v) is 7.84. The molecule has 9 nitrogen and oxygen atoms in total. The first-order chi connectivity index (χ1) is 14.2. The average molecular weight is 451 g/mol. The smallest absolute Gasteiger partial charge is 0.308 e. The molecule has 0 spiro atoms. The zero-order valence-electron chi connectivity index (χ0n) is 16.6. The van der Waals surface area contributed by atoms with Crippen molar-refractivity contribution in [1.29, 1.82) is 0 Å². The molecule has 2 aromatic heterocycles. The molecule has 1 unspecified atom stereocenters. The van der Waals surface area contributed by atoms with Crippen LogP contribution in [0.4, 0.5) is 11.5 Å². The van der Waals surface area contributed by atoms with Gasteiger partial charge in [-0.3, -0.25) is 24.3 Å². The summed E-state index contributed by atoms with van der Waals surface area (Å²) < 4.78 is 3.09. The molecule has 0 radical (unpaired) electrons. The molecule has 0 aliphatic rings. The molecule has 3 aromatic rings. The summed E-state index contributed by atoms with van der Waals surface area (Å²) in [6.45, 7) is 5.54. The first-order valence-corrected chi connectivity index (χ1v) is 9.88. The molecule has 0 aliphatic heterocycles. The minimum Gasteiger partial charge on any atom is -0.308 e. The van der Waals surface area contributed by atoms with Crippen LogP contribution in [-0.4, -0.2) is 30.4 Å². The van der Waals surface area contributed by atoms with E-state index in [-0.39, 0.29) is 24.0 Å². The Morgan fingerprint density at radius 1 is 1.23 bits per heavy atom. The van der Waals surface area contributed by atoms with E-state index in [0.29, 0.717) is 28.0 Å². The molecule has 2 heterocycles. The highest BCUT2D eigenvalue weighted by Crippen LogP contribution is 2.24. The minimum absolute atomic E-state index is 0.0356. The van der Waals surface area contributed by atoms with E-state index in [0.717, 1.165) is 5.56 Å². The van der Waals surface area contributed by atoms with E-state index < -0.39 is 10.8 Å². The number of carbonyl (C=O) groups is 1. The summed E-state index contributed by atoms with van der Waals surface area (Å²) in [7, 11) is 0. The molecule has 0 saturated heterocycles. The Balaban J connectivity index is 1.67. The van der Waals surface area contributed by atoms with E-state index in [1.54, 1.807) is 43.8 Å². The summed E-state index contributed by atoms with van der Waals surface area (Å²) in [5, 5.41) is 23.3. The predicted octanol–water partition coefficient (Wildman–Crippen LogP) is 4.23. The van der Waals surface area contributed by atoms with Crippen molar-refractivity contribution in [3.05, 3.63) is 67.6 Å². The maximum absolute atomic E-state index is 12.6. The van der Waals surface area contributed by atoms with Gasteiger partial charge in [0.1, 0.15) is 16.4 Å². The summed E-state index contributed by atoms with van der Waals surface area (Å²) in [5.74, 6) is -0.578. The van der Waals surface area contributed by atoms with Crippen LogP contribution in [0.1, 0.15) is 23.9 Å². The molecule has 0 saturated carbocycles. The molecule has 1 atom stereocenters. The Bertz CT molecular complexity index is 1090. The number of hydrogen-bond donors (Lipinski definition) is 1. The number of nitro groups is 1. The van der Waals surface area contributed by atoms with Crippen molar-refractivity contribution in [1.82, 2.24) is 19.6 Å². The fourth-order valence-electron chi connectivity index (χ4n) is 3.05. The van der Waals surface area contributed by atoms with Crippen LogP contribution in [0.15, 0.2) is 30.5 Å². The van der Waals surface area contributed by atoms with Gasteiger partial charge in [0.25, 0.3) is 0 Å². The van der Waals surface area contributed by atoms with Crippen LogP contribution >= 0.6 is 23.2 Å². The maximum Gasteiger partial charge on any atom is 0.312 e. The topological polar surface area (TPSA) is 108 Å². The third-order valence-corrected chi connectivity index (χ3v) is 5.17. The summed E-state index contributed by atoms with van der Waals surface area (Å²) in [5.41, 5.74) is 1.67. The molecule has 158 valence electrons. The number of anilines is 1. The van der Waals surface area contributed by atoms with Crippen molar-refractivity contribution in [2.45, 2.75) is 33.9 Å². The SMILES string of the molecule is Cc1nn(CC(C)C(=O)Nc2nn(Cc3ccc(Cl)cc3)cc2Cl)c(C)c1[N+](=O)[O-]. The van der Waals surface area contributed by atoms with Gasteiger partial charge in [-0.05, 0) is 31.5 Å². The number of aromatic nitrogens is 4. The zero-order chi connectivity index (χ0) is 22.0. The molecular weight excluding hydrogens is 431 g/mol. The molecular formula is C19H20Cl2N6O3. The van der Waals surface area contributed by atoms with E-state index in [9.17, 15) is 14.9 Å². The first kappa shape index (κ1) is 21.8. The fraction of sp³-hybridized carbons (Fsp3) is 0.316. The second-order valence-electron chi connectivity index (χ2n) is 7.00. The van der Waals surface area contributed by atoms with Gasteiger partial charge in [-0.25, -0.2) is 0 Å². The number of aryl methyl sites for hydroxylation is 1. The largest absolute Gasteiger partial charge is 0.312 e. The monoisotopic (exact) mass is 450 g/mol. The van der Waals surface area contributed by atoms with Gasteiger partial charge in [0, 0.05) is 11.2 Å². The molecule has 1 amide bonds. The van der Waals surface area contributed by atoms with Crippen molar-refractivity contribution in [3.63, 3.8) is 0 Å². The summed E-state index contributed by atoms with van der Waals surface area (Å²) in [4.78, 5) is 23.3. The van der Waals surface area contributed by atoms with Crippen LogP contribution in [0.2, 0.25) is 10.0 Å². The van der Waals surface area contributed by atoms with Gasteiger partial charge >= 0.3 is 5.69 Å². The number of benzene rings is 1. The Labute approximate surface area is 182 Å². The molecule has 30 heavy (non-hydrogen) atoms. The van der Waals surface area contributed by atoms with Gasteiger partial charge in [0.05, 0.1) is 23.9 Å². The number of nitrogens with zero attached hydrogens (tertiary/aromatic N) is 5. The quantitative estimate of drug-likeness (QED) is 0.427. The number of rotatable bonds is 7. The third-order valence-electron chi connectivity index (χ3n) is 4.64. The number of nitrogens with one attached hydrogen (secondary N) is 1. The van der Waals surface area contributed by atoms with Gasteiger partial charge in [-0.1, -0.05) is 42.3 Å². The van der Waals surface area contributed by atoms with E-state index in [1.807, 2.05) is 12.1 Å². The fourth-order valence-corrected chi connectivity index (χ4v) is 3.37. The predicted molar refractivity (Wildman–Crippen MR) is 114 cm³/mol. The van der Waals surface area contributed by atoms with E-state index in [4.69, 9.17) is 23.2 Å². The Morgan fingerprint density at radius 2 is 1.90 bits per heavy atom. The Hall–Kier alpha value is -2.91. The van der Waals surface area contributed by atoms with Gasteiger partial charge in [-0.15, -0.1) is 0 Å². The van der Waals surface area contributed by atoms with Crippen molar-refractivity contribution in [2.24, 2.45) is 5.92 Å². The van der Waals surface area contributed by atoms with E-state index in [2.05, 4.69) is 15.5 Å². The summed E-state index contributed by atoms with van der Waals surface area (Å²) in [6.07, 6.45) is 1.63. The van der Waals surface area contributed by atoms with Gasteiger partial charge in [0.2, 0.25) is 5.91 Å². The second kappa shape index (κ2) is 8.85. The molecule has 3 rings (SSSR count). The number of amides is 1. The molecule has 11 heteroatoms. The van der Waals surface area contributed by atoms with Gasteiger partial charge in [0.15, 0.2) is 5.82 Å². The lowest BCUT2D eigenvalue weighted by Gasteiger charge is -2.12. The highest BCUT2D eigenvalue weighted by molar-refractivity contribution is 6.33. The van der Waals surface area contributed by atoms with Crippen LogP contribution in [0.3, 0.4) is 0 Å². The van der Waals surface area contributed by atoms with Gasteiger partial charge in [-0.2, -0.15) is 10.2 Å². The van der Waals surface area contributed by atoms with Crippen LogP contribution < -0.4 is 5.32 Å². The average Bonchev–Trinajstić information content (AvgIpc) is 3.15. The van der Waals surface area contributed by atoms with Crippen LogP contribution in [0.25, 0.3) is 0 Å². The highest BCUT2D eigenvalue weighted by atomic mass is 35.5. The van der Waals surface area contributed by atoms with E-state index in [1.165, 1.54) is 4.68 Å². The number of halogens is 2. The van der Waals surface area contributed by atoms with Crippen LogP contribution in [0, 0.1) is 29.9 Å². The number of hydrogen-bond acceptors (Lipinski definition) is 5. The molecule has 1 N–H and O–H groups in total. The minimum atomic E-state index is -0.514. The lowest BCUT2D eigenvalue weighted by atomic mass is 10.1. The van der Waals surface area contributed by atoms with Crippen LogP contribution in [-0.2, 0) is 17.9 Å². The summed E-state index contributed by atoms with van der Waals surface area (Å²) in [6, 6.07) is 7.34. The summed E-state index contributed by atoms with van der Waals surface area (Å²) >= 11 is 12.1. The normalized spacial score (nSPS) is 12.0. The highest BCUT2D eigenvalue weighted by Gasteiger charge is 2.24. The zero-order valence-corrected chi connectivity index (χ0v) is 18.1. The first-order valence-electron chi connectivity index (χ1n) is 9.12. The van der Waals surface area contributed by atoms with Crippen molar-refractivity contribution < 1.29 is 9.72 Å². The van der Waals surface area contributed by atoms with Gasteiger partial charge < -0.3 is 5.32 Å². The molecule has 1 aromatic carbocycles. The molecule has 0 bridgehead atoms. The third kappa shape index (κ3) is 4.80. The molecule has 0 fully saturated rings. The lowest BCUT2D eigenvalue weighted by Crippen LogP contribution is -2.25. The maximum atomic E-state index is 12.6. The van der Waals surface area contributed by atoms with Crippen molar-refractivity contribution in [3.8, 4) is 0 Å². The van der Waals surface area contributed by atoms with Crippen LogP contribution in [0.5, 0.6) is 0 Å². The van der Waals surface area contributed by atoms with Crippen molar-refractivity contribution in [2.75, 3.05) is 5.32 Å². The lowest BCUT2D eigenvalue weighted by molar-refractivity contribution is -0.386. The number of carbonyl (C=O) groups excluding carboxylic acids is 1. The standard InChI is InChI=1S/C19H20Cl2N6O3/c1-11(8-26-13(3)17(27(29)30)12(2)23-26)19(28)22-18-16(21)10-25(24-18)9-14-4-6-15(20)7-5-14/h4-7,10-11H,8-9H2,1-3H3,(H,22,24,28). The Kier molecular flexibility index (Phi) is 6.42.